The normalized spacial score (nSPS) is 10.3. The Morgan fingerprint density at radius 2 is 2.04 bits per heavy atom. The highest BCUT2D eigenvalue weighted by Crippen LogP contribution is 2.26. The van der Waals surface area contributed by atoms with Crippen molar-refractivity contribution in [2.75, 3.05) is 27.4 Å². The van der Waals surface area contributed by atoms with E-state index < -0.39 is 0 Å². The molecule has 128 valence electrons. The summed E-state index contributed by atoms with van der Waals surface area (Å²) in [6.45, 7) is 0.380. The number of benzene rings is 1. The van der Waals surface area contributed by atoms with Gasteiger partial charge in [-0.25, -0.2) is 0 Å². The standard InChI is InChI=1S/C17H19BrN2O4/c1-23-15-4-3-12(16(8-15)24-2)11-20(5-6-21)17(22)13-7-14(18)10-19-9-13/h3-4,7-10,21H,5-6,11H2,1-2H3. The van der Waals surface area contributed by atoms with E-state index in [0.717, 1.165) is 10.0 Å². The Hall–Kier alpha value is -2.12. The number of aromatic nitrogens is 1. The minimum absolute atomic E-state index is 0.133. The number of methoxy groups -OCH3 is 2. The van der Waals surface area contributed by atoms with Crippen molar-refractivity contribution in [1.29, 1.82) is 0 Å². The van der Waals surface area contributed by atoms with Crippen LogP contribution < -0.4 is 9.47 Å². The Morgan fingerprint density at radius 3 is 2.67 bits per heavy atom. The first kappa shape index (κ1) is 18.2. The minimum atomic E-state index is -0.212. The third kappa shape index (κ3) is 4.46. The maximum atomic E-state index is 12.7. The summed E-state index contributed by atoms with van der Waals surface area (Å²) < 4.78 is 11.3. The van der Waals surface area contributed by atoms with Gasteiger partial charge >= 0.3 is 0 Å². The van der Waals surface area contributed by atoms with E-state index in [-0.39, 0.29) is 19.1 Å². The molecule has 0 saturated carbocycles. The van der Waals surface area contributed by atoms with Crippen LogP contribution in [-0.2, 0) is 6.54 Å². The second-order valence-electron chi connectivity index (χ2n) is 5.02. The molecule has 1 N–H and O–H groups in total. The van der Waals surface area contributed by atoms with Gasteiger partial charge in [-0.1, -0.05) is 0 Å². The van der Waals surface area contributed by atoms with Gasteiger partial charge in [0, 0.05) is 41.6 Å². The lowest BCUT2D eigenvalue weighted by Crippen LogP contribution is -2.33. The molecule has 1 aromatic heterocycles. The second-order valence-corrected chi connectivity index (χ2v) is 5.94. The average Bonchev–Trinajstić information content (AvgIpc) is 2.61. The molecular weight excluding hydrogens is 376 g/mol. The Labute approximate surface area is 149 Å². The molecule has 0 bridgehead atoms. The Bertz CT molecular complexity index is 709. The minimum Gasteiger partial charge on any atom is -0.497 e. The van der Waals surface area contributed by atoms with Crippen LogP contribution in [0.25, 0.3) is 0 Å². The van der Waals surface area contributed by atoms with Crippen molar-refractivity contribution in [2.45, 2.75) is 6.54 Å². The summed E-state index contributed by atoms with van der Waals surface area (Å²) in [6.07, 6.45) is 3.11. The molecule has 0 radical (unpaired) electrons. The number of hydrogen-bond donors (Lipinski definition) is 1. The van der Waals surface area contributed by atoms with E-state index in [1.54, 1.807) is 43.5 Å². The molecule has 0 fully saturated rings. The lowest BCUT2D eigenvalue weighted by Gasteiger charge is -2.23. The highest BCUT2D eigenvalue weighted by atomic mass is 79.9. The van der Waals surface area contributed by atoms with Crippen molar-refractivity contribution in [3.63, 3.8) is 0 Å². The molecule has 0 unspecified atom stereocenters. The number of halogens is 1. The monoisotopic (exact) mass is 394 g/mol. The summed E-state index contributed by atoms with van der Waals surface area (Å²) in [5, 5.41) is 9.30. The number of carbonyl (C=O) groups is 1. The van der Waals surface area contributed by atoms with Gasteiger partial charge in [0.25, 0.3) is 5.91 Å². The van der Waals surface area contributed by atoms with Gasteiger partial charge < -0.3 is 19.5 Å². The van der Waals surface area contributed by atoms with E-state index in [9.17, 15) is 9.90 Å². The summed E-state index contributed by atoms with van der Waals surface area (Å²) in [7, 11) is 3.14. The van der Waals surface area contributed by atoms with Crippen LogP contribution in [0, 0.1) is 0 Å². The van der Waals surface area contributed by atoms with Crippen LogP contribution in [0.2, 0.25) is 0 Å². The van der Waals surface area contributed by atoms with Gasteiger partial charge in [0.05, 0.1) is 26.4 Å². The molecular formula is C17H19BrN2O4. The fourth-order valence-corrected chi connectivity index (χ4v) is 2.64. The highest BCUT2D eigenvalue weighted by Gasteiger charge is 2.18. The summed E-state index contributed by atoms with van der Waals surface area (Å²) in [4.78, 5) is 18.3. The van der Waals surface area contributed by atoms with Gasteiger partial charge in [0.15, 0.2) is 0 Å². The molecule has 0 aliphatic rings. The molecule has 0 atom stereocenters. The number of hydrogen-bond acceptors (Lipinski definition) is 5. The fourth-order valence-electron chi connectivity index (χ4n) is 2.27. The van der Waals surface area contributed by atoms with E-state index >= 15 is 0 Å². The van der Waals surface area contributed by atoms with Crippen LogP contribution in [0.5, 0.6) is 11.5 Å². The number of aliphatic hydroxyl groups is 1. The zero-order chi connectivity index (χ0) is 17.5. The largest absolute Gasteiger partial charge is 0.497 e. The molecule has 24 heavy (non-hydrogen) atoms. The van der Waals surface area contributed by atoms with E-state index in [1.807, 2.05) is 6.07 Å². The first-order chi connectivity index (χ1) is 11.6. The van der Waals surface area contributed by atoms with Crippen molar-refractivity contribution in [2.24, 2.45) is 0 Å². The van der Waals surface area contributed by atoms with Crippen LogP contribution in [0.3, 0.4) is 0 Å². The topological polar surface area (TPSA) is 71.9 Å². The predicted octanol–water partition coefficient (Wildman–Crippen LogP) is 2.50. The molecule has 0 aliphatic carbocycles. The van der Waals surface area contributed by atoms with Gasteiger partial charge in [0.2, 0.25) is 0 Å². The van der Waals surface area contributed by atoms with Crippen molar-refractivity contribution in [1.82, 2.24) is 9.88 Å². The number of pyridine rings is 1. The lowest BCUT2D eigenvalue weighted by molar-refractivity contribution is 0.0706. The zero-order valence-electron chi connectivity index (χ0n) is 13.5. The van der Waals surface area contributed by atoms with Crippen LogP contribution in [0.1, 0.15) is 15.9 Å². The third-order valence-electron chi connectivity index (χ3n) is 3.46. The van der Waals surface area contributed by atoms with E-state index in [0.29, 0.717) is 23.6 Å². The Morgan fingerprint density at radius 1 is 1.25 bits per heavy atom. The SMILES string of the molecule is COc1ccc(CN(CCO)C(=O)c2cncc(Br)c2)c(OC)c1. The highest BCUT2D eigenvalue weighted by molar-refractivity contribution is 9.10. The van der Waals surface area contributed by atoms with E-state index in [4.69, 9.17) is 9.47 Å². The molecule has 2 rings (SSSR count). The van der Waals surface area contributed by atoms with Crippen LogP contribution in [0.15, 0.2) is 41.1 Å². The maximum absolute atomic E-state index is 12.7. The summed E-state index contributed by atoms with van der Waals surface area (Å²) in [6, 6.07) is 7.11. The molecule has 2 aromatic rings. The third-order valence-corrected chi connectivity index (χ3v) is 3.90. The number of carbonyl (C=O) groups excluding carboxylic acids is 1. The van der Waals surface area contributed by atoms with Crippen LogP contribution >= 0.6 is 15.9 Å². The van der Waals surface area contributed by atoms with Crippen molar-refractivity contribution in [3.05, 3.63) is 52.3 Å². The van der Waals surface area contributed by atoms with Gasteiger partial charge in [-0.05, 0) is 34.1 Å². The van der Waals surface area contributed by atoms with Crippen LogP contribution in [-0.4, -0.2) is 48.3 Å². The van der Waals surface area contributed by atoms with Gasteiger partial charge in [-0.15, -0.1) is 0 Å². The number of nitrogens with zero attached hydrogens (tertiary/aromatic N) is 2. The van der Waals surface area contributed by atoms with Crippen molar-refractivity contribution >= 4 is 21.8 Å². The van der Waals surface area contributed by atoms with E-state index in [1.165, 1.54) is 6.20 Å². The molecule has 0 aliphatic heterocycles. The maximum Gasteiger partial charge on any atom is 0.255 e. The fraction of sp³-hybridized carbons (Fsp3) is 0.294. The van der Waals surface area contributed by atoms with Crippen LogP contribution in [0.4, 0.5) is 0 Å². The summed E-state index contributed by atoms with van der Waals surface area (Å²) >= 11 is 3.31. The molecule has 7 heteroatoms. The first-order valence-electron chi connectivity index (χ1n) is 7.30. The zero-order valence-corrected chi connectivity index (χ0v) is 15.1. The number of ether oxygens (including phenoxy) is 2. The number of rotatable bonds is 7. The van der Waals surface area contributed by atoms with Gasteiger partial charge in [0.1, 0.15) is 11.5 Å². The number of amides is 1. The van der Waals surface area contributed by atoms with Crippen molar-refractivity contribution < 1.29 is 19.4 Å². The molecule has 6 nitrogen and oxygen atoms in total. The second kappa shape index (κ2) is 8.65. The van der Waals surface area contributed by atoms with E-state index in [2.05, 4.69) is 20.9 Å². The van der Waals surface area contributed by atoms with Gasteiger partial charge in [-0.2, -0.15) is 0 Å². The average molecular weight is 395 g/mol. The van der Waals surface area contributed by atoms with Gasteiger partial charge in [-0.3, -0.25) is 9.78 Å². The van der Waals surface area contributed by atoms with Crippen molar-refractivity contribution in [3.8, 4) is 11.5 Å². The lowest BCUT2D eigenvalue weighted by atomic mass is 10.1. The predicted molar refractivity (Wildman–Crippen MR) is 93.3 cm³/mol. The molecule has 1 amide bonds. The molecule has 0 spiro atoms. The molecule has 1 heterocycles. The Balaban J connectivity index is 2.27. The smallest absolute Gasteiger partial charge is 0.255 e. The number of aliphatic hydroxyl groups excluding tert-OH is 1. The molecule has 1 aromatic carbocycles. The quantitative estimate of drug-likeness (QED) is 0.780. The summed E-state index contributed by atoms with van der Waals surface area (Å²) in [5.74, 6) is 1.08. The summed E-state index contributed by atoms with van der Waals surface area (Å²) in [5.41, 5.74) is 1.27. The first-order valence-corrected chi connectivity index (χ1v) is 8.10. The Kier molecular flexibility index (Phi) is 6.57. The molecule has 0 saturated heterocycles.